The third-order valence-corrected chi connectivity index (χ3v) is 5.03. The third-order valence-electron chi connectivity index (χ3n) is 3.47. The monoisotopic (exact) mass is 325 g/mol. The van der Waals surface area contributed by atoms with Gasteiger partial charge in [-0.1, -0.05) is 12.2 Å². The van der Waals surface area contributed by atoms with Crippen LogP contribution in [0.5, 0.6) is 0 Å². The van der Waals surface area contributed by atoms with Gasteiger partial charge in [0, 0.05) is 12.0 Å². The fourth-order valence-corrected chi connectivity index (χ4v) is 4.84. The summed E-state index contributed by atoms with van der Waals surface area (Å²) in [5.41, 5.74) is -3.92. The molecule has 0 aromatic rings. The van der Waals surface area contributed by atoms with Crippen molar-refractivity contribution in [3.8, 4) is 0 Å². The summed E-state index contributed by atoms with van der Waals surface area (Å²) in [7, 11) is -4.51. The molecule has 0 saturated carbocycles. The molecule has 3 atom stereocenters. The molecule has 2 aliphatic rings. The maximum atomic E-state index is 13.5. The highest BCUT2D eigenvalue weighted by Crippen LogP contribution is 2.61. The summed E-state index contributed by atoms with van der Waals surface area (Å²) in [6.07, 6.45) is -3.25. The molecule has 1 heterocycles. The first-order chi connectivity index (χ1) is 8.33. The second-order valence-corrected chi connectivity index (χ2v) is 6.95. The van der Waals surface area contributed by atoms with E-state index in [0.717, 1.165) is 6.08 Å². The summed E-state index contributed by atoms with van der Waals surface area (Å²) < 4.78 is 89.6. The van der Waals surface area contributed by atoms with Crippen molar-refractivity contribution in [3.05, 3.63) is 12.2 Å². The van der Waals surface area contributed by atoms with Gasteiger partial charge >= 0.3 is 11.6 Å². The molecule has 3 nitrogen and oxygen atoms in total. The van der Waals surface area contributed by atoms with Gasteiger partial charge in [-0.3, -0.25) is 0 Å². The summed E-state index contributed by atoms with van der Waals surface area (Å²) in [5.74, 6) is -1.69. The van der Waals surface area contributed by atoms with Gasteiger partial charge in [-0.15, -0.1) is 0 Å². The molecule has 1 aliphatic heterocycles. The Labute approximate surface area is 111 Å². The quantitative estimate of drug-likeness (QED) is 0.444. The van der Waals surface area contributed by atoms with Gasteiger partial charge in [-0.2, -0.15) is 26.3 Å². The van der Waals surface area contributed by atoms with Gasteiger partial charge in [0.2, 0.25) is 15.6 Å². The van der Waals surface area contributed by atoms with Crippen LogP contribution < -0.4 is 0 Å². The van der Waals surface area contributed by atoms with Gasteiger partial charge in [0.15, 0.2) is 0 Å². The highest BCUT2D eigenvalue weighted by molar-refractivity contribution is 7.88. The van der Waals surface area contributed by atoms with Crippen LogP contribution in [0.2, 0.25) is 0 Å². The lowest BCUT2D eigenvalue weighted by atomic mass is 9.85. The second-order valence-electron chi connectivity index (χ2n) is 4.62. The number of sulfonamides is 1. The van der Waals surface area contributed by atoms with Crippen LogP contribution in [0.1, 0.15) is 6.42 Å². The van der Waals surface area contributed by atoms with Crippen molar-refractivity contribution in [2.24, 2.45) is 5.92 Å². The van der Waals surface area contributed by atoms with E-state index in [4.69, 9.17) is 0 Å². The lowest BCUT2D eigenvalue weighted by Gasteiger charge is -2.45. The molecule has 110 valence electrons. The van der Waals surface area contributed by atoms with Crippen LogP contribution >= 0.6 is 11.6 Å². The predicted octanol–water partition coefficient (Wildman–Crippen LogP) is 2.34. The zero-order chi connectivity index (χ0) is 14.9. The van der Waals surface area contributed by atoms with Crippen molar-refractivity contribution in [1.82, 2.24) is 4.31 Å². The number of hydrogen-bond acceptors (Lipinski definition) is 2. The standard InChI is InChI=1S/C9H9ClF5NO2S/c1-19(17,18)16-6-3-2-5(4-6)7(16,8(10,11)12)9(13,14)15/h2-3,5-6H,4H2,1H3. The fourth-order valence-electron chi connectivity index (χ4n) is 2.93. The smallest absolute Gasteiger partial charge is 0.212 e. The van der Waals surface area contributed by atoms with E-state index in [2.05, 4.69) is 11.6 Å². The molecule has 2 rings (SSSR count). The number of nitrogens with zero attached hydrogens (tertiary/aromatic N) is 1. The summed E-state index contributed by atoms with van der Waals surface area (Å²) in [6, 6.07) is -1.24. The summed E-state index contributed by atoms with van der Waals surface area (Å²) in [5, 5.41) is -4.77. The molecule has 19 heavy (non-hydrogen) atoms. The number of hydrogen-bond donors (Lipinski definition) is 0. The van der Waals surface area contributed by atoms with Crippen LogP contribution in [-0.2, 0) is 10.0 Å². The minimum atomic E-state index is -5.49. The first kappa shape index (κ1) is 15.0. The fraction of sp³-hybridized carbons (Fsp3) is 0.778. The van der Waals surface area contributed by atoms with Crippen LogP contribution in [-0.4, -0.2) is 42.1 Å². The van der Waals surface area contributed by atoms with E-state index in [9.17, 15) is 30.4 Å². The maximum Gasteiger partial charge on any atom is 0.415 e. The molecule has 2 bridgehead atoms. The second kappa shape index (κ2) is 3.82. The summed E-state index contributed by atoms with van der Waals surface area (Å²) in [4.78, 5) is 0. The van der Waals surface area contributed by atoms with E-state index in [1.165, 1.54) is 6.08 Å². The minimum Gasteiger partial charge on any atom is -0.212 e. The molecule has 1 saturated heterocycles. The van der Waals surface area contributed by atoms with Crippen LogP contribution in [0.4, 0.5) is 22.0 Å². The predicted molar refractivity (Wildman–Crippen MR) is 57.3 cm³/mol. The van der Waals surface area contributed by atoms with Crippen molar-refractivity contribution in [2.75, 3.05) is 6.26 Å². The maximum absolute atomic E-state index is 13.5. The first-order valence-electron chi connectivity index (χ1n) is 5.15. The Morgan fingerprint density at radius 3 is 2.11 bits per heavy atom. The number of fused-ring (bicyclic) bond motifs is 2. The Kier molecular flexibility index (Phi) is 3.02. The molecule has 0 aromatic heterocycles. The van der Waals surface area contributed by atoms with Crippen molar-refractivity contribution in [3.63, 3.8) is 0 Å². The SMILES string of the molecule is CS(=O)(=O)N1C2C=CC(C2)C1(C(F)(F)F)C(F)(F)Cl. The highest BCUT2D eigenvalue weighted by atomic mass is 35.5. The molecule has 0 spiro atoms. The summed E-state index contributed by atoms with van der Waals surface area (Å²) >= 11 is 4.68. The summed E-state index contributed by atoms with van der Waals surface area (Å²) in [6.45, 7) is 0. The average molecular weight is 326 g/mol. The van der Waals surface area contributed by atoms with E-state index in [1.54, 1.807) is 0 Å². The largest absolute Gasteiger partial charge is 0.415 e. The average Bonchev–Trinajstić information content (AvgIpc) is 2.69. The van der Waals surface area contributed by atoms with Crippen LogP contribution in [0, 0.1) is 5.92 Å². The van der Waals surface area contributed by atoms with Gasteiger partial charge in [-0.25, -0.2) is 8.42 Å². The van der Waals surface area contributed by atoms with Crippen LogP contribution in [0.25, 0.3) is 0 Å². The Morgan fingerprint density at radius 2 is 1.79 bits per heavy atom. The van der Waals surface area contributed by atoms with Crippen molar-refractivity contribution in [1.29, 1.82) is 0 Å². The van der Waals surface area contributed by atoms with E-state index >= 15 is 0 Å². The van der Waals surface area contributed by atoms with E-state index < -0.39 is 39.1 Å². The normalized spacial score (nSPS) is 36.2. The van der Waals surface area contributed by atoms with Gasteiger partial charge in [0.1, 0.15) is 0 Å². The molecule has 1 aliphatic carbocycles. The Balaban J connectivity index is 2.76. The molecule has 0 amide bonds. The number of rotatable bonds is 2. The van der Waals surface area contributed by atoms with Gasteiger partial charge < -0.3 is 0 Å². The van der Waals surface area contributed by atoms with Crippen molar-refractivity contribution < 1.29 is 30.4 Å². The van der Waals surface area contributed by atoms with Crippen LogP contribution in [0.15, 0.2) is 12.2 Å². The van der Waals surface area contributed by atoms with Gasteiger partial charge in [-0.05, 0) is 18.0 Å². The zero-order valence-electron chi connectivity index (χ0n) is 9.46. The lowest BCUT2D eigenvalue weighted by Crippen LogP contribution is -2.69. The van der Waals surface area contributed by atoms with E-state index in [1.807, 2.05) is 0 Å². The first-order valence-corrected chi connectivity index (χ1v) is 7.37. The molecular weight excluding hydrogens is 317 g/mol. The molecule has 3 unspecified atom stereocenters. The zero-order valence-corrected chi connectivity index (χ0v) is 11.0. The van der Waals surface area contributed by atoms with Gasteiger partial charge in [0.25, 0.3) is 0 Å². The van der Waals surface area contributed by atoms with E-state index in [0.29, 0.717) is 6.26 Å². The molecule has 1 fully saturated rings. The number of alkyl halides is 6. The topological polar surface area (TPSA) is 37.4 Å². The van der Waals surface area contributed by atoms with Crippen molar-refractivity contribution >= 4 is 21.6 Å². The lowest BCUT2D eigenvalue weighted by molar-refractivity contribution is -0.269. The van der Waals surface area contributed by atoms with Crippen molar-refractivity contribution in [2.45, 2.75) is 29.6 Å². The van der Waals surface area contributed by atoms with Crippen LogP contribution in [0.3, 0.4) is 0 Å². The third kappa shape index (κ3) is 1.81. The Morgan fingerprint density at radius 1 is 1.26 bits per heavy atom. The number of halogens is 6. The molecule has 0 radical (unpaired) electrons. The Hall–Kier alpha value is -0.410. The minimum absolute atomic E-state index is 0.197. The molecular formula is C9H9ClF5NO2S. The Bertz CT molecular complexity index is 510. The molecule has 10 heteroatoms. The molecule has 0 aromatic carbocycles. The highest BCUT2D eigenvalue weighted by Gasteiger charge is 2.81. The molecule has 0 N–H and O–H groups in total. The van der Waals surface area contributed by atoms with E-state index in [-0.39, 0.29) is 10.7 Å². The van der Waals surface area contributed by atoms with Gasteiger partial charge in [0.05, 0.1) is 6.26 Å².